The molecule has 24 heavy (non-hydrogen) atoms. The Kier molecular flexibility index (Phi) is 6.13. The largest absolute Gasteiger partial charge is 0.497 e. The third-order valence-corrected chi connectivity index (χ3v) is 3.90. The maximum absolute atomic E-state index is 10.5. The van der Waals surface area contributed by atoms with Crippen LogP contribution in [0.5, 0.6) is 5.75 Å². The Balaban J connectivity index is 0.00000208. The van der Waals surface area contributed by atoms with Crippen LogP contribution >= 0.6 is 12.4 Å². The van der Waals surface area contributed by atoms with E-state index in [1.54, 1.807) is 7.11 Å². The number of ether oxygens (including phenoxy) is 1. The molecule has 0 amide bonds. The molecule has 2 aromatic carbocycles. The minimum atomic E-state index is -2.57. The van der Waals surface area contributed by atoms with Gasteiger partial charge in [0.05, 0.1) is 19.2 Å². The molecule has 0 fully saturated rings. The molecule has 0 unspecified atom stereocenters. The van der Waals surface area contributed by atoms with Crippen LogP contribution in [0.3, 0.4) is 0 Å². The highest BCUT2D eigenvalue weighted by atomic mass is 35.5. The first kappa shape index (κ1) is 18.2. The highest BCUT2D eigenvalue weighted by Crippen LogP contribution is 2.19. The molecular weight excluding hydrogens is 352 g/mol. The summed E-state index contributed by atoms with van der Waals surface area (Å²) in [7, 11) is -0.956. The van der Waals surface area contributed by atoms with Crippen LogP contribution < -0.4 is 9.46 Å². The summed E-state index contributed by atoms with van der Waals surface area (Å²) in [6, 6.07) is 13.3. The van der Waals surface area contributed by atoms with Crippen molar-refractivity contribution in [1.29, 1.82) is 0 Å². The van der Waals surface area contributed by atoms with Crippen molar-refractivity contribution < 1.29 is 13.2 Å². The second-order valence-electron chi connectivity index (χ2n) is 5.01. The fourth-order valence-electron chi connectivity index (χ4n) is 2.29. The Morgan fingerprint density at radius 1 is 1.12 bits per heavy atom. The minimum absolute atomic E-state index is 0. The van der Waals surface area contributed by atoms with Crippen LogP contribution in [0.4, 0.5) is 0 Å². The van der Waals surface area contributed by atoms with E-state index in [9.17, 15) is 8.42 Å². The first-order chi connectivity index (χ1) is 11.2. The number of halogens is 1. The second kappa shape index (κ2) is 8.09. The standard InChI is InChI=1S/C15H16N4O3S.ClH/c1-22-13-6-7-15-14(8-13)17-18-19(15)10-12-4-2-11(3-5-12)9-16-23(20)21;/h2-8,23H,9-10H2,1H3,(H,16,20,21);1H. The summed E-state index contributed by atoms with van der Waals surface area (Å²) in [4.78, 5) is 0. The van der Waals surface area contributed by atoms with Gasteiger partial charge in [0.25, 0.3) is 0 Å². The molecule has 7 nitrogen and oxygen atoms in total. The van der Waals surface area contributed by atoms with Crippen molar-refractivity contribution in [3.63, 3.8) is 0 Å². The summed E-state index contributed by atoms with van der Waals surface area (Å²) in [5, 5.41) is 8.31. The summed E-state index contributed by atoms with van der Waals surface area (Å²) in [6.07, 6.45) is 0. The van der Waals surface area contributed by atoms with Gasteiger partial charge in [-0.3, -0.25) is 0 Å². The molecule has 0 radical (unpaired) electrons. The van der Waals surface area contributed by atoms with Crippen LogP contribution in [0.25, 0.3) is 11.0 Å². The van der Waals surface area contributed by atoms with Crippen molar-refractivity contribution in [2.45, 2.75) is 13.1 Å². The number of aromatic nitrogens is 3. The van der Waals surface area contributed by atoms with E-state index in [0.717, 1.165) is 27.9 Å². The molecule has 0 bridgehead atoms. The van der Waals surface area contributed by atoms with Gasteiger partial charge in [0.15, 0.2) is 0 Å². The first-order valence-corrected chi connectivity index (χ1v) is 8.16. The van der Waals surface area contributed by atoms with Crippen molar-refractivity contribution in [2.24, 2.45) is 0 Å². The highest BCUT2D eigenvalue weighted by Gasteiger charge is 2.06. The van der Waals surface area contributed by atoms with E-state index >= 15 is 0 Å². The molecule has 1 heterocycles. The number of nitrogens with zero attached hydrogens (tertiary/aromatic N) is 3. The summed E-state index contributed by atoms with van der Waals surface area (Å²) >= 11 is 0. The molecule has 0 aliphatic rings. The number of thiol groups is 1. The molecule has 3 rings (SSSR count). The van der Waals surface area contributed by atoms with Gasteiger partial charge in [-0.25, -0.2) is 17.8 Å². The highest BCUT2D eigenvalue weighted by molar-refractivity contribution is 7.70. The van der Waals surface area contributed by atoms with E-state index in [-0.39, 0.29) is 12.4 Å². The predicted molar refractivity (Wildman–Crippen MR) is 94.0 cm³/mol. The molecule has 0 aliphatic carbocycles. The normalized spacial score (nSPS) is 10.8. The van der Waals surface area contributed by atoms with Gasteiger partial charge in [0, 0.05) is 12.6 Å². The average Bonchev–Trinajstić information content (AvgIpc) is 2.96. The minimum Gasteiger partial charge on any atom is -0.497 e. The zero-order valence-electron chi connectivity index (χ0n) is 12.9. The fourth-order valence-corrected chi connectivity index (χ4v) is 2.60. The topological polar surface area (TPSA) is 86.1 Å². The molecule has 9 heteroatoms. The molecule has 0 saturated carbocycles. The number of nitrogens with one attached hydrogen (secondary N) is 1. The third-order valence-electron chi connectivity index (χ3n) is 3.49. The van der Waals surface area contributed by atoms with Gasteiger partial charge >= 0.3 is 0 Å². The number of rotatable bonds is 6. The van der Waals surface area contributed by atoms with E-state index in [1.807, 2.05) is 47.1 Å². The quantitative estimate of drug-likeness (QED) is 0.644. The fraction of sp³-hybridized carbons (Fsp3) is 0.200. The van der Waals surface area contributed by atoms with E-state index in [0.29, 0.717) is 13.1 Å². The van der Waals surface area contributed by atoms with Crippen LogP contribution in [-0.2, 0) is 24.0 Å². The van der Waals surface area contributed by atoms with Gasteiger partial charge < -0.3 is 4.74 Å². The van der Waals surface area contributed by atoms with Crippen molar-refractivity contribution in [1.82, 2.24) is 19.7 Å². The van der Waals surface area contributed by atoms with E-state index < -0.39 is 10.9 Å². The zero-order valence-corrected chi connectivity index (χ0v) is 14.6. The monoisotopic (exact) mass is 368 g/mol. The maximum atomic E-state index is 10.5. The number of fused-ring (bicyclic) bond motifs is 1. The van der Waals surface area contributed by atoms with Gasteiger partial charge in [-0.2, -0.15) is 0 Å². The molecular formula is C15H17ClN4O3S. The third kappa shape index (κ3) is 4.22. The van der Waals surface area contributed by atoms with Crippen LogP contribution in [0, 0.1) is 0 Å². The summed E-state index contributed by atoms with van der Waals surface area (Å²) in [6.45, 7) is 0.886. The van der Waals surface area contributed by atoms with Crippen molar-refractivity contribution >= 4 is 34.3 Å². The molecule has 0 saturated heterocycles. The van der Waals surface area contributed by atoms with E-state index in [2.05, 4.69) is 15.0 Å². The lowest BCUT2D eigenvalue weighted by atomic mass is 10.1. The molecule has 0 atom stereocenters. The van der Waals surface area contributed by atoms with Crippen molar-refractivity contribution in [3.05, 3.63) is 53.6 Å². The van der Waals surface area contributed by atoms with E-state index in [1.165, 1.54) is 0 Å². The van der Waals surface area contributed by atoms with Crippen molar-refractivity contribution in [3.8, 4) is 5.75 Å². The van der Waals surface area contributed by atoms with Crippen LogP contribution in [0.2, 0.25) is 0 Å². The first-order valence-electron chi connectivity index (χ1n) is 6.98. The number of methoxy groups -OCH3 is 1. The molecule has 3 aromatic rings. The van der Waals surface area contributed by atoms with Gasteiger partial charge in [0.1, 0.15) is 11.3 Å². The molecule has 128 valence electrons. The van der Waals surface area contributed by atoms with Gasteiger partial charge in [-0.15, -0.1) is 17.5 Å². The summed E-state index contributed by atoms with van der Waals surface area (Å²) < 4.78 is 30.4. The zero-order chi connectivity index (χ0) is 16.2. The van der Waals surface area contributed by atoms with E-state index in [4.69, 9.17) is 4.74 Å². The maximum Gasteiger partial charge on any atom is 0.201 e. The Morgan fingerprint density at radius 3 is 2.50 bits per heavy atom. The lowest BCUT2D eigenvalue weighted by Gasteiger charge is -2.05. The van der Waals surface area contributed by atoms with Gasteiger partial charge in [-0.05, 0) is 23.3 Å². The molecule has 1 N–H and O–H groups in total. The Hall–Kier alpha value is -2.16. The lowest BCUT2D eigenvalue weighted by molar-refractivity contribution is 0.415. The number of hydrogen-bond acceptors (Lipinski definition) is 5. The SMILES string of the molecule is COc1ccc2c(c1)nnn2Cc1ccc(CN[SH](=O)=O)cc1.Cl. The molecule has 0 aliphatic heterocycles. The second-order valence-corrected chi connectivity index (χ2v) is 5.84. The Labute approximate surface area is 147 Å². The predicted octanol–water partition coefficient (Wildman–Crippen LogP) is 1.53. The number of benzene rings is 2. The summed E-state index contributed by atoms with van der Waals surface area (Å²) in [5.41, 5.74) is 3.67. The Morgan fingerprint density at radius 2 is 1.83 bits per heavy atom. The number of hydrogen-bond donors (Lipinski definition) is 2. The Bertz CT molecular complexity index is 885. The average molecular weight is 369 g/mol. The van der Waals surface area contributed by atoms with Crippen molar-refractivity contribution in [2.75, 3.05) is 7.11 Å². The van der Waals surface area contributed by atoms with Crippen LogP contribution in [0.1, 0.15) is 11.1 Å². The van der Waals surface area contributed by atoms with Gasteiger partial charge in [-0.1, -0.05) is 29.5 Å². The lowest BCUT2D eigenvalue weighted by Crippen LogP contribution is -2.10. The summed E-state index contributed by atoms with van der Waals surface area (Å²) in [5.74, 6) is 0.748. The molecule has 0 spiro atoms. The van der Waals surface area contributed by atoms with Gasteiger partial charge in [0.2, 0.25) is 10.9 Å². The smallest absolute Gasteiger partial charge is 0.201 e. The molecule has 1 aromatic heterocycles. The van der Waals surface area contributed by atoms with Crippen LogP contribution in [0.15, 0.2) is 42.5 Å². The van der Waals surface area contributed by atoms with Crippen LogP contribution in [-0.4, -0.2) is 30.5 Å².